The molecule has 0 aliphatic carbocycles. The van der Waals surface area contributed by atoms with Gasteiger partial charge in [-0.15, -0.1) is 0 Å². The zero-order valence-electron chi connectivity index (χ0n) is 16.4. The van der Waals surface area contributed by atoms with E-state index in [9.17, 15) is 4.79 Å². The topological polar surface area (TPSA) is 32.8 Å². The summed E-state index contributed by atoms with van der Waals surface area (Å²) in [6.45, 7) is 8.77. The maximum absolute atomic E-state index is 13.4. The molecule has 3 rings (SSSR count). The first-order valence-corrected chi connectivity index (χ1v) is 9.94. The van der Waals surface area contributed by atoms with Gasteiger partial charge in [0.2, 0.25) is 0 Å². The second-order valence-corrected chi connectivity index (χ2v) is 7.21. The van der Waals surface area contributed by atoms with Crippen LogP contribution in [0.2, 0.25) is 0 Å². The molecule has 0 aromatic heterocycles. The molecule has 1 heterocycles. The van der Waals surface area contributed by atoms with Crippen LogP contribution in [0.25, 0.3) is 0 Å². The molecule has 1 aliphatic rings. The summed E-state index contributed by atoms with van der Waals surface area (Å²) < 4.78 is 5.50. The summed E-state index contributed by atoms with van der Waals surface area (Å²) in [4.78, 5) is 17.8. The monoisotopic (exact) mass is 366 g/mol. The molecule has 1 fully saturated rings. The molecule has 0 N–H and O–H groups in total. The molecule has 2 atom stereocenters. The van der Waals surface area contributed by atoms with Crippen molar-refractivity contribution < 1.29 is 9.53 Å². The van der Waals surface area contributed by atoms with Gasteiger partial charge in [-0.1, -0.05) is 43.3 Å². The minimum Gasteiger partial charge on any atom is -0.380 e. The third kappa shape index (κ3) is 4.96. The molecule has 2 aromatic carbocycles. The van der Waals surface area contributed by atoms with Gasteiger partial charge < -0.3 is 14.5 Å². The number of hydrogen-bond acceptors (Lipinski definition) is 3. The Kier molecular flexibility index (Phi) is 7.02. The Morgan fingerprint density at radius 2 is 1.78 bits per heavy atom. The van der Waals surface area contributed by atoms with E-state index in [1.165, 1.54) is 0 Å². The van der Waals surface area contributed by atoms with Crippen LogP contribution < -0.4 is 4.90 Å². The van der Waals surface area contributed by atoms with Gasteiger partial charge in [-0.05, 0) is 43.5 Å². The number of ether oxygens (including phenoxy) is 1. The highest BCUT2D eigenvalue weighted by atomic mass is 16.5. The lowest BCUT2D eigenvalue weighted by Crippen LogP contribution is -2.53. The molecule has 1 saturated heterocycles. The van der Waals surface area contributed by atoms with Gasteiger partial charge in [-0.3, -0.25) is 4.79 Å². The van der Waals surface area contributed by atoms with E-state index in [1.807, 2.05) is 72.5 Å². The Balaban J connectivity index is 1.79. The Morgan fingerprint density at radius 1 is 1.11 bits per heavy atom. The van der Waals surface area contributed by atoms with Crippen LogP contribution in [0, 0.1) is 5.92 Å². The maximum atomic E-state index is 13.4. The lowest BCUT2D eigenvalue weighted by molar-refractivity contribution is 0.0812. The number of rotatable bonds is 7. The van der Waals surface area contributed by atoms with Crippen LogP contribution in [-0.4, -0.2) is 49.7 Å². The van der Waals surface area contributed by atoms with Gasteiger partial charge in [-0.25, -0.2) is 0 Å². The Labute approximate surface area is 162 Å². The fraction of sp³-hybridized carbons (Fsp3) is 0.435. The van der Waals surface area contributed by atoms with Crippen LogP contribution >= 0.6 is 0 Å². The third-order valence-corrected chi connectivity index (χ3v) is 5.31. The van der Waals surface area contributed by atoms with Crippen LogP contribution in [0.4, 0.5) is 5.69 Å². The normalized spacial score (nSPS) is 20.4. The van der Waals surface area contributed by atoms with Gasteiger partial charge in [-0.2, -0.15) is 0 Å². The zero-order chi connectivity index (χ0) is 19.1. The first-order valence-electron chi connectivity index (χ1n) is 9.94. The number of benzene rings is 2. The number of nitrogens with zero attached hydrogens (tertiary/aromatic N) is 2. The number of anilines is 1. The van der Waals surface area contributed by atoms with E-state index in [4.69, 9.17) is 4.74 Å². The van der Waals surface area contributed by atoms with Crippen molar-refractivity contribution in [1.29, 1.82) is 0 Å². The summed E-state index contributed by atoms with van der Waals surface area (Å²) in [7, 11) is 0. The summed E-state index contributed by atoms with van der Waals surface area (Å²) in [5.74, 6) is 0.481. The molecule has 2 aromatic rings. The molecule has 0 spiro atoms. The molecule has 2 unspecified atom stereocenters. The van der Waals surface area contributed by atoms with Gasteiger partial charge >= 0.3 is 0 Å². The van der Waals surface area contributed by atoms with Crippen molar-refractivity contribution in [3.8, 4) is 0 Å². The zero-order valence-corrected chi connectivity index (χ0v) is 16.4. The van der Waals surface area contributed by atoms with Gasteiger partial charge in [0.25, 0.3) is 5.91 Å². The van der Waals surface area contributed by atoms with Crippen molar-refractivity contribution in [3.05, 3.63) is 66.2 Å². The number of amides is 1. The number of likely N-dealkylation sites (tertiary alicyclic amines) is 1. The summed E-state index contributed by atoms with van der Waals surface area (Å²) in [5.41, 5.74) is 1.72. The fourth-order valence-electron chi connectivity index (χ4n) is 3.91. The molecule has 1 aliphatic heterocycles. The Hall–Kier alpha value is -2.17. The lowest BCUT2D eigenvalue weighted by Gasteiger charge is -2.42. The van der Waals surface area contributed by atoms with Crippen molar-refractivity contribution in [2.75, 3.05) is 37.7 Å². The lowest BCUT2D eigenvalue weighted by atomic mass is 9.91. The average Bonchev–Trinajstić information content (AvgIpc) is 2.71. The molecule has 4 nitrogen and oxygen atoms in total. The standard InChI is InChI=1S/C23H30N2O2/c1-3-27-17-16-24-15-14-22(19(2)18-24)25(21-12-8-5-9-13-21)23(26)20-10-6-4-7-11-20/h4-13,19,22H,3,14-18H2,1-2H3. The summed E-state index contributed by atoms with van der Waals surface area (Å²) in [5, 5.41) is 0. The van der Waals surface area contributed by atoms with E-state index in [0.717, 1.165) is 50.5 Å². The molecular formula is C23H30N2O2. The highest BCUT2D eigenvalue weighted by Crippen LogP contribution is 2.29. The second-order valence-electron chi connectivity index (χ2n) is 7.21. The Morgan fingerprint density at radius 3 is 2.41 bits per heavy atom. The predicted octanol–water partition coefficient (Wildman–Crippen LogP) is 4.08. The van der Waals surface area contributed by atoms with Crippen LogP contribution in [-0.2, 0) is 4.74 Å². The van der Waals surface area contributed by atoms with Gasteiger partial charge in [0.05, 0.1) is 6.61 Å². The number of hydrogen-bond donors (Lipinski definition) is 0. The minimum absolute atomic E-state index is 0.0846. The molecule has 0 saturated carbocycles. The first kappa shape index (κ1) is 19.6. The predicted molar refractivity (Wildman–Crippen MR) is 110 cm³/mol. The average molecular weight is 367 g/mol. The van der Waals surface area contributed by atoms with Gasteiger partial charge in [0.15, 0.2) is 0 Å². The Bertz CT molecular complexity index is 705. The first-order chi connectivity index (χ1) is 13.2. The molecule has 1 amide bonds. The van der Waals surface area contributed by atoms with E-state index in [-0.39, 0.29) is 11.9 Å². The fourth-order valence-corrected chi connectivity index (χ4v) is 3.91. The summed E-state index contributed by atoms with van der Waals surface area (Å²) >= 11 is 0. The SMILES string of the molecule is CCOCCN1CCC(N(C(=O)c2ccccc2)c2ccccc2)C(C)C1. The van der Waals surface area contributed by atoms with E-state index in [1.54, 1.807) is 0 Å². The van der Waals surface area contributed by atoms with Crippen LogP contribution in [0.5, 0.6) is 0 Å². The smallest absolute Gasteiger partial charge is 0.258 e. The van der Waals surface area contributed by atoms with Crippen molar-refractivity contribution in [1.82, 2.24) is 4.90 Å². The van der Waals surface area contributed by atoms with Crippen molar-refractivity contribution >= 4 is 11.6 Å². The van der Waals surface area contributed by atoms with Gasteiger partial charge in [0, 0.05) is 43.5 Å². The van der Waals surface area contributed by atoms with E-state index in [0.29, 0.717) is 5.92 Å². The molecule has 27 heavy (non-hydrogen) atoms. The van der Waals surface area contributed by atoms with Crippen LogP contribution in [0.1, 0.15) is 30.6 Å². The molecule has 0 bridgehead atoms. The molecular weight excluding hydrogens is 336 g/mol. The van der Waals surface area contributed by atoms with Crippen LogP contribution in [0.15, 0.2) is 60.7 Å². The highest BCUT2D eigenvalue weighted by molar-refractivity contribution is 6.06. The number of carbonyl (C=O) groups is 1. The van der Waals surface area contributed by atoms with Crippen molar-refractivity contribution in [2.45, 2.75) is 26.3 Å². The molecule has 0 radical (unpaired) electrons. The van der Waals surface area contributed by atoms with E-state index < -0.39 is 0 Å². The summed E-state index contributed by atoms with van der Waals surface area (Å²) in [6.07, 6.45) is 0.973. The minimum atomic E-state index is 0.0846. The van der Waals surface area contributed by atoms with Gasteiger partial charge in [0.1, 0.15) is 0 Å². The van der Waals surface area contributed by atoms with E-state index in [2.05, 4.69) is 11.8 Å². The maximum Gasteiger partial charge on any atom is 0.258 e. The third-order valence-electron chi connectivity index (χ3n) is 5.31. The largest absolute Gasteiger partial charge is 0.380 e. The highest BCUT2D eigenvalue weighted by Gasteiger charge is 2.34. The molecule has 144 valence electrons. The van der Waals surface area contributed by atoms with E-state index >= 15 is 0 Å². The van der Waals surface area contributed by atoms with Crippen molar-refractivity contribution in [3.63, 3.8) is 0 Å². The second kappa shape index (κ2) is 9.67. The number of carbonyl (C=O) groups excluding carboxylic acids is 1. The number of piperidine rings is 1. The number of para-hydroxylation sites is 1. The quantitative estimate of drug-likeness (QED) is 0.692. The summed E-state index contributed by atoms with van der Waals surface area (Å²) in [6, 6.07) is 19.9. The molecule has 4 heteroatoms. The van der Waals surface area contributed by atoms with Crippen molar-refractivity contribution in [2.24, 2.45) is 5.92 Å². The van der Waals surface area contributed by atoms with Crippen LogP contribution in [0.3, 0.4) is 0 Å².